The van der Waals surface area contributed by atoms with Gasteiger partial charge in [-0.25, -0.2) is 0 Å². The van der Waals surface area contributed by atoms with Crippen LogP contribution in [0.15, 0.2) is 36.4 Å². The van der Waals surface area contributed by atoms with E-state index in [9.17, 15) is 0 Å². The van der Waals surface area contributed by atoms with Gasteiger partial charge in [-0.05, 0) is 36.4 Å². The first kappa shape index (κ1) is 17.4. The van der Waals surface area contributed by atoms with Gasteiger partial charge < -0.3 is 28.4 Å². The summed E-state index contributed by atoms with van der Waals surface area (Å²) in [6.07, 6.45) is 0. The Bertz CT molecular complexity index is 679. The van der Waals surface area contributed by atoms with Gasteiger partial charge in [-0.2, -0.15) is 0 Å². The Balaban J connectivity index is 2.12. The number of rotatable bonds is 6. The molecule has 0 aliphatic carbocycles. The summed E-state index contributed by atoms with van der Waals surface area (Å²) in [5.74, 6) is 1.48. The SMILES string of the molecule is COc1ccc(C2(c3ccc(OC)c(OC)c3)OCCO2)cc1OC. The van der Waals surface area contributed by atoms with Gasteiger partial charge in [0.2, 0.25) is 5.79 Å². The Morgan fingerprint density at radius 3 is 1.40 bits per heavy atom. The molecule has 1 fully saturated rings. The van der Waals surface area contributed by atoms with E-state index in [2.05, 4.69) is 0 Å². The zero-order chi connectivity index (χ0) is 17.9. The summed E-state index contributed by atoms with van der Waals surface area (Å²) < 4.78 is 33.6. The molecular weight excluding hydrogens is 324 g/mol. The van der Waals surface area contributed by atoms with Crippen molar-refractivity contribution < 1.29 is 28.4 Å². The molecule has 1 saturated heterocycles. The van der Waals surface area contributed by atoms with Crippen molar-refractivity contribution in [3.63, 3.8) is 0 Å². The fourth-order valence-corrected chi connectivity index (χ4v) is 2.99. The lowest BCUT2D eigenvalue weighted by molar-refractivity contribution is -0.130. The number of hydrogen-bond donors (Lipinski definition) is 0. The molecule has 6 heteroatoms. The van der Waals surface area contributed by atoms with Gasteiger partial charge in [-0.3, -0.25) is 0 Å². The molecule has 1 aliphatic heterocycles. The second kappa shape index (κ2) is 7.21. The van der Waals surface area contributed by atoms with E-state index in [4.69, 9.17) is 28.4 Å². The molecule has 6 nitrogen and oxygen atoms in total. The first-order valence-corrected chi connectivity index (χ1v) is 7.91. The summed E-state index contributed by atoms with van der Waals surface area (Å²) in [5.41, 5.74) is 1.63. The van der Waals surface area contributed by atoms with Gasteiger partial charge in [0.25, 0.3) is 0 Å². The van der Waals surface area contributed by atoms with Gasteiger partial charge in [-0.15, -0.1) is 0 Å². The van der Waals surface area contributed by atoms with E-state index in [0.29, 0.717) is 36.2 Å². The summed E-state index contributed by atoms with van der Waals surface area (Å²) in [4.78, 5) is 0. The highest BCUT2D eigenvalue weighted by Crippen LogP contribution is 2.43. The van der Waals surface area contributed by atoms with Crippen molar-refractivity contribution in [1.29, 1.82) is 0 Å². The minimum atomic E-state index is -1.03. The van der Waals surface area contributed by atoms with Crippen molar-refractivity contribution in [3.8, 4) is 23.0 Å². The van der Waals surface area contributed by atoms with Crippen molar-refractivity contribution in [2.75, 3.05) is 41.7 Å². The van der Waals surface area contributed by atoms with Crippen molar-refractivity contribution in [2.45, 2.75) is 5.79 Å². The van der Waals surface area contributed by atoms with Crippen LogP contribution in [-0.2, 0) is 15.3 Å². The van der Waals surface area contributed by atoms with Crippen molar-refractivity contribution >= 4 is 0 Å². The number of ether oxygens (including phenoxy) is 6. The largest absolute Gasteiger partial charge is 0.493 e. The summed E-state index contributed by atoms with van der Waals surface area (Å²) in [7, 11) is 6.40. The fourth-order valence-electron chi connectivity index (χ4n) is 2.99. The monoisotopic (exact) mass is 346 g/mol. The van der Waals surface area contributed by atoms with Gasteiger partial charge in [0.15, 0.2) is 23.0 Å². The molecule has 0 unspecified atom stereocenters. The topological polar surface area (TPSA) is 55.4 Å². The molecule has 134 valence electrons. The molecule has 0 spiro atoms. The molecule has 3 rings (SSSR count). The Labute approximate surface area is 147 Å². The van der Waals surface area contributed by atoms with Gasteiger partial charge in [-0.1, -0.05) is 0 Å². The molecule has 25 heavy (non-hydrogen) atoms. The van der Waals surface area contributed by atoms with Crippen LogP contribution >= 0.6 is 0 Å². The van der Waals surface area contributed by atoms with Gasteiger partial charge in [0.1, 0.15) is 0 Å². The van der Waals surface area contributed by atoms with Crippen molar-refractivity contribution in [2.24, 2.45) is 0 Å². The van der Waals surface area contributed by atoms with E-state index < -0.39 is 5.79 Å². The fraction of sp³-hybridized carbons (Fsp3) is 0.368. The van der Waals surface area contributed by atoms with Crippen molar-refractivity contribution in [3.05, 3.63) is 47.5 Å². The Kier molecular flexibility index (Phi) is 5.01. The molecule has 0 saturated carbocycles. The Hall–Kier alpha value is -2.44. The predicted molar refractivity (Wildman–Crippen MR) is 91.8 cm³/mol. The van der Waals surface area contributed by atoms with Gasteiger partial charge in [0.05, 0.1) is 41.7 Å². The summed E-state index contributed by atoms with van der Waals surface area (Å²) in [5, 5.41) is 0. The first-order valence-electron chi connectivity index (χ1n) is 7.91. The lowest BCUT2D eigenvalue weighted by Gasteiger charge is -2.29. The second-order valence-corrected chi connectivity index (χ2v) is 5.45. The summed E-state index contributed by atoms with van der Waals surface area (Å²) in [6, 6.07) is 11.2. The van der Waals surface area contributed by atoms with Gasteiger partial charge in [0, 0.05) is 11.1 Å². The number of hydrogen-bond acceptors (Lipinski definition) is 6. The average molecular weight is 346 g/mol. The molecular formula is C19H22O6. The van der Waals surface area contributed by atoms with Crippen LogP contribution in [0.2, 0.25) is 0 Å². The molecule has 0 N–H and O–H groups in total. The summed E-state index contributed by atoms with van der Waals surface area (Å²) in [6.45, 7) is 0.978. The van der Waals surface area contributed by atoms with Gasteiger partial charge >= 0.3 is 0 Å². The Morgan fingerprint density at radius 1 is 0.640 bits per heavy atom. The third-order valence-electron chi connectivity index (χ3n) is 4.22. The van der Waals surface area contributed by atoms with Crippen molar-refractivity contribution in [1.82, 2.24) is 0 Å². The van der Waals surface area contributed by atoms with Crippen LogP contribution in [0, 0.1) is 0 Å². The van der Waals surface area contributed by atoms with Crippen LogP contribution in [0.1, 0.15) is 11.1 Å². The minimum absolute atomic E-state index is 0.489. The highest BCUT2D eigenvalue weighted by Gasteiger charge is 2.41. The first-order chi connectivity index (χ1) is 12.2. The average Bonchev–Trinajstić information content (AvgIpc) is 3.17. The standard InChI is InChI=1S/C19H22O6/c1-20-15-7-5-13(11-17(15)22-3)19(24-9-10-25-19)14-6-8-16(21-2)18(12-14)23-4/h5-8,11-12H,9-10H2,1-4H3. The van der Waals surface area contributed by atoms with E-state index >= 15 is 0 Å². The molecule has 0 aromatic heterocycles. The molecule has 0 radical (unpaired) electrons. The molecule has 1 heterocycles. The van der Waals surface area contributed by atoms with E-state index in [0.717, 1.165) is 11.1 Å². The maximum Gasteiger partial charge on any atom is 0.222 e. The smallest absolute Gasteiger partial charge is 0.222 e. The van der Waals surface area contributed by atoms with Crippen LogP contribution in [0.3, 0.4) is 0 Å². The normalized spacial score (nSPS) is 15.7. The molecule has 2 aromatic rings. The molecule has 0 amide bonds. The third kappa shape index (κ3) is 2.99. The van der Waals surface area contributed by atoms with Crippen LogP contribution in [0.25, 0.3) is 0 Å². The highest BCUT2D eigenvalue weighted by atomic mass is 16.7. The lowest BCUT2D eigenvalue weighted by atomic mass is 9.96. The van der Waals surface area contributed by atoms with Crippen LogP contribution in [0.4, 0.5) is 0 Å². The molecule has 2 aromatic carbocycles. The van der Waals surface area contributed by atoms with E-state index in [-0.39, 0.29) is 0 Å². The maximum atomic E-state index is 6.04. The van der Waals surface area contributed by atoms with Crippen LogP contribution in [-0.4, -0.2) is 41.7 Å². The van der Waals surface area contributed by atoms with Crippen LogP contribution in [0.5, 0.6) is 23.0 Å². The molecule has 1 aliphatic rings. The maximum absolute atomic E-state index is 6.04. The van der Waals surface area contributed by atoms with Crippen LogP contribution < -0.4 is 18.9 Å². The minimum Gasteiger partial charge on any atom is -0.493 e. The summed E-state index contributed by atoms with van der Waals surface area (Å²) >= 11 is 0. The Morgan fingerprint density at radius 2 is 1.04 bits per heavy atom. The second-order valence-electron chi connectivity index (χ2n) is 5.45. The zero-order valence-corrected chi connectivity index (χ0v) is 14.8. The highest BCUT2D eigenvalue weighted by molar-refractivity contribution is 5.50. The van der Waals surface area contributed by atoms with E-state index in [1.165, 1.54) is 0 Å². The molecule has 0 bridgehead atoms. The van der Waals surface area contributed by atoms with E-state index in [1.54, 1.807) is 28.4 Å². The number of methoxy groups -OCH3 is 4. The zero-order valence-electron chi connectivity index (χ0n) is 14.8. The quantitative estimate of drug-likeness (QED) is 0.802. The molecule has 0 atom stereocenters. The number of benzene rings is 2. The lowest BCUT2D eigenvalue weighted by Crippen LogP contribution is -2.28. The third-order valence-corrected chi connectivity index (χ3v) is 4.22. The van der Waals surface area contributed by atoms with E-state index in [1.807, 2.05) is 36.4 Å². The predicted octanol–water partition coefficient (Wildman–Crippen LogP) is 2.97.